The first-order chi connectivity index (χ1) is 9.00. The van der Waals surface area contributed by atoms with Gasteiger partial charge in [0, 0.05) is 46.1 Å². The zero-order chi connectivity index (χ0) is 14.3. The summed E-state index contributed by atoms with van der Waals surface area (Å²) in [5.41, 5.74) is 0. The number of likely N-dealkylation sites (N-methyl/N-ethyl adjacent to an activating group) is 1. The molecule has 0 aromatic carbocycles. The number of rotatable bonds is 6. The van der Waals surface area contributed by atoms with Crippen LogP contribution in [0.3, 0.4) is 0 Å². The lowest BCUT2D eigenvalue weighted by atomic mass is 10.1. The van der Waals surface area contributed by atoms with Gasteiger partial charge in [-0.3, -0.25) is 9.59 Å². The second-order valence-electron chi connectivity index (χ2n) is 5.50. The Hall–Kier alpha value is -1.10. The van der Waals surface area contributed by atoms with E-state index in [4.69, 9.17) is 0 Å². The molecule has 1 aliphatic heterocycles. The monoisotopic (exact) mass is 269 g/mol. The number of piperidine rings is 1. The molecule has 0 unspecified atom stereocenters. The zero-order valence-electron chi connectivity index (χ0n) is 12.5. The van der Waals surface area contributed by atoms with Gasteiger partial charge in [0.1, 0.15) is 0 Å². The summed E-state index contributed by atoms with van der Waals surface area (Å²) in [6, 6.07) is 0. The van der Waals surface area contributed by atoms with Crippen LogP contribution >= 0.6 is 0 Å². The lowest BCUT2D eigenvalue weighted by Gasteiger charge is -2.28. The second-order valence-corrected chi connectivity index (χ2v) is 5.50. The third-order valence-electron chi connectivity index (χ3n) is 3.57. The van der Waals surface area contributed by atoms with Crippen LogP contribution in [0.5, 0.6) is 0 Å². The molecule has 1 aliphatic rings. The summed E-state index contributed by atoms with van der Waals surface area (Å²) in [7, 11) is 3.97. The van der Waals surface area contributed by atoms with Gasteiger partial charge in [-0.1, -0.05) is 0 Å². The molecule has 0 aromatic heterocycles. The van der Waals surface area contributed by atoms with Gasteiger partial charge in [-0.2, -0.15) is 0 Å². The van der Waals surface area contributed by atoms with Crippen molar-refractivity contribution in [2.75, 3.05) is 46.8 Å². The quantitative estimate of drug-likeness (QED) is 0.716. The molecule has 5 heteroatoms. The van der Waals surface area contributed by atoms with Crippen LogP contribution < -0.4 is 0 Å². The Bertz CT molecular complexity index is 299. The molecule has 0 N–H and O–H groups in total. The first-order valence-electron chi connectivity index (χ1n) is 7.18. The molecule has 0 atom stereocenters. The molecule has 5 nitrogen and oxygen atoms in total. The van der Waals surface area contributed by atoms with Crippen molar-refractivity contribution >= 4 is 11.8 Å². The van der Waals surface area contributed by atoms with Gasteiger partial charge in [-0.25, -0.2) is 0 Å². The van der Waals surface area contributed by atoms with Crippen LogP contribution in [0.4, 0.5) is 0 Å². The largest absolute Gasteiger partial charge is 0.343 e. The predicted octanol–water partition coefficient (Wildman–Crippen LogP) is 0.799. The Balaban J connectivity index is 2.33. The van der Waals surface area contributed by atoms with E-state index in [0.717, 1.165) is 32.5 Å². The molecule has 0 spiro atoms. The van der Waals surface area contributed by atoms with Crippen LogP contribution in [0.15, 0.2) is 0 Å². The van der Waals surface area contributed by atoms with Gasteiger partial charge in [-0.05, 0) is 33.4 Å². The van der Waals surface area contributed by atoms with E-state index in [1.165, 1.54) is 6.42 Å². The maximum atomic E-state index is 12.0. The fourth-order valence-electron chi connectivity index (χ4n) is 2.28. The van der Waals surface area contributed by atoms with Crippen molar-refractivity contribution in [3.8, 4) is 0 Å². The first-order valence-corrected chi connectivity index (χ1v) is 7.18. The van der Waals surface area contributed by atoms with Gasteiger partial charge in [-0.15, -0.1) is 0 Å². The van der Waals surface area contributed by atoms with Gasteiger partial charge in [0.15, 0.2) is 0 Å². The van der Waals surface area contributed by atoms with Crippen LogP contribution in [-0.4, -0.2) is 73.3 Å². The fraction of sp³-hybridized carbons (Fsp3) is 0.857. The highest BCUT2D eigenvalue weighted by Crippen LogP contribution is 2.10. The molecule has 1 heterocycles. The molecule has 2 amide bonds. The normalized spacial score (nSPS) is 15.7. The second kappa shape index (κ2) is 8.15. The number of likely N-dealkylation sites (tertiary alicyclic amines) is 1. The SMILES string of the molecule is CC(=O)N(CCC(=O)N1CCCCC1)CCN(C)C. The summed E-state index contributed by atoms with van der Waals surface area (Å²) in [5, 5.41) is 0. The summed E-state index contributed by atoms with van der Waals surface area (Å²) in [4.78, 5) is 29.3. The summed E-state index contributed by atoms with van der Waals surface area (Å²) >= 11 is 0. The number of carbonyl (C=O) groups excluding carboxylic acids is 2. The van der Waals surface area contributed by atoms with E-state index < -0.39 is 0 Å². The Labute approximate surface area is 116 Å². The van der Waals surface area contributed by atoms with Crippen LogP contribution in [0.1, 0.15) is 32.6 Å². The van der Waals surface area contributed by atoms with Gasteiger partial charge < -0.3 is 14.7 Å². The van der Waals surface area contributed by atoms with Crippen LogP contribution in [0, 0.1) is 0 Å². The topological polar surface area (TPSA) is 43.9 Å². The number of hydrogen-bond donors (Lipinski definition) is 0. The maximum absolute atomic E-state index is 12.0. The lowest BCUT2D eigenvalue weighted by Crippen LogP contribution is -2.40. The average Bonchev–Trinajstić information content (AvgIpc) is 2.38. The minimum Gasteiger partial charge on any atom is -0.343 e. The molecule has 0 aliphatic carbocycles. The fourth-order valence-corrected chi connectivity index (χ4v) is 2.28. The van der Waals surface area contributed by atoms with Crippen molar-refractivity contribution in [1.29, 1.82) is 0 Å². The van der Waals surface area contributed by atoms with Crippen molar-refractivity contribution in [3.05, 3.63) is 0 Å². The first kappa shape index (κ1) is 16.0. The van der Waals surface area contributed by atoms with Crippen molar-refractivity contribution < 1.29 is 9.59 Å². The van der Waals surface area contributed by atoms with Gasteiger partial charge in [0.25, 0.3) is 0 Å². The standard InChI is InChI=1S/C14H27N3O2/c1-13(18)16(12-11-15(2)3)10-7-14(19)17-8-5-4-6-9-17/h4-12H2,1-3H3. The van der Waals surface area contributed by atoms with Crippen molar-refractivity contribution in [2.45, 2.75) is 32.6 Å². The smallest absolute Gasteiger partial charge is 0.224 e. The molecule has 0 aromatic rings. The molecule has 0 radical (unpaired) electrons. The van der Waals surface area contributed by atoms with E-state index in [1.807, 2.05) is 23.9 Å². The number of hydrogen-bond acceptors (Lipinski definition) is 3. The maximum Gasteiger partial charge on any atom is 0.224 e. The molecular formula is C14H27N3O2. The summed E-state index contributed by atoms with van der Waals surface area (Å²) in [5.74, 6) is 0.240. The van der Waals surface area contributed by atoms with E-state index >= 15 is 0 Å². The van der Waals surface area contributed by atoms with E-state index in [-0.39, 0.29) is 11.8 Å². The van der Waals surface area contributed by atoms with E-state index in [1.54, 1.807) is 11.8 Å². The highest BCUT2D eigenvalue weighted by molar-refractivity contribution is 5.78. The number of nitrogens with zero attached hydrogens (tertiary/aromatic N) is 3. The van der Waals surface area contributed by atoms with Crippen LogP contribution in [0.2, 0.25) is 0 Å². The molecular weight excluding hydrogens is 242 g/mol. The summed E-state index contributed by atoms with van der Waals surface area (Å²) < 4.78 is 0. The molecule has 1 saturated heterocycles. The molecule has 0 saturated carbocycles. The third-order valence-corrected chi connectivity index (χ3v) is 3.57. The van der Waals surface area contributed by atoms with Gasteiger partial charge >= 0.3 is 0 Å². The Morgan fingerprint density at radius 1 is 1.00 bits per heavy atom. The minimum atomic E-state index is 0.0493. The minimum absolute atomic E-state index is 0.0493. The molecule has 0 bridgehead atoms. The highest BCUT2D eigenvalue weighted by atomic mass is 16.2. The van der Waals surface area contributed by atoms with Crippen molar-refractivity contribution in [2.24, 2.45) is 0 Å². The molecule has 19 heavy (non-hydrogen) atoms. The Kier molecular flexibility index (Phi) is 6.84. The summed E-state index contributed by atoms with van der Waals surface area (Å²) in [6.45, 7) is 5.40. The number of carbonyl (C=O) groups is 2. The lowest BCUT2D eigenvalue weighted by molar-refractivity contribution is -0.134. The van der Waals surface area contributed by atoms with Crippen molar-refractivity contribution in [3.63, 3.8) is 0 Å². The van der Waals surface area contributed by atoms with Crippen molar-refractivity contribution in [1.82, 2.24) is 14.7 Å². The highest BCUT2D eigenvalue weighted by Gasteiger charge is 2.18. The molecule has 1 rings (SSSR count). The average molecular weight is 269 g/mol. The Morgan fingerprint density at radius 2 is 1.63 bits per heavy atom. The van der Waals surface area contributed by atoms with E-state index in [0.29, 0.717) is 19.5 Å². The predicted molar refractivity (Wildman–Crippen MR) is 75.9 cm³/mol. The molecule has 110 valence electrons. The number of amides is 2. The van der Waals surface area contributed by atoms with Crippen LogP contribution in [0.25, 0.3) is 0 Å². The van der Waals surface area contributed by atoms with E-state index in [2.05, 4.69) is 0 Å². The zero-order valence-corrected chi connectivity index (χ0v) is 12.5. The van der Waals surface area contributed by atoms with E-state index in [9.17, 15) is 9.59 Å². The van der Waals surface area contributed by atoms with Gasteiger partial charge in [0.2, 0.25) is 11.8 Å². The Morgan fingerprint density at radius 3 is 2.16 bits per heavy atom. The van der Waals surface area contributed by atoms with Crippen LogP contribution in [-0.2, 0) is 9.59 Å². The third kappa shape index (κ3) is 6.05. The van der Waals surface area contributed by atoms with Gasteiger partial charge in [0.05, 0.1) is 0 Å². The molecule has 1 fully saturated rings. The summed E-state index contributed by atoms with van der Waals surface area (Å²) in [6.07, 6.45) is 3.91.